The van der Waals surface area contributed by atoms with Crippen LogP contribution in [0, 0.1) is 5.92 Å². The Labute approximate surface area is 167 Å². The van der Waals surface area contributed by atoms with Crippen LogP contribution in [0.4, 0.5) is 0 Å². The van der Waals surface area contributed by atoms with Crippen molar-refractivity contribution in [2.24, 2.45) is 5.92 Å². The summed E-state index contributed by atoms with van der Waals surface area (Å²) in [6.07, 6.45) is 18.8. The maximum Gasteiger partial charge on any atom is 0.330 e. The van der Waals surface area contributed by atoms with Gasteiger partial charge in [-0.15, -0.1) is 0 Å². The number of carbonyl (C=O) groups excluding carboxylic acids is 1. The van der Waals surface area contributed by atoms with Crippen molar-refractivity contribution in [1.82, 2.24) is 0 Å². The molecule has 27 heavy (non-hydrogen) atoms. The minimum Gasteiger partial charge on any atom is -0.462 e. The van der Waals surface area contributed by atoms with Crippen LogP contribution in [0.3, 0.4) is 0 Å². The molecule has 0 aliphatic carbocycles. The Kier molecular flexibility index (Phi) is 14.4. The first-order valence-electron chi connectivity index (χ1n) is 11.2. The predicted octanol–water partition coefficient (Wildman–Crippen LogP) is 7.58. The molecule has 1 atom stereocenters. The number of unbranched alkanes of at least 4 members (excludes halogenated alkanes) is 8. The number of benzene rings is 1. The fraction of sp³-hybridized carbons (Fsp3) is 0.640. The average molecular weight is 373 g/mol. The highest BCUT2D eigenvalue weighted by molar-refractivity contribution is 5.87. The third-order valence-corrected chi connectivity index (χ3v) is 5.10. The van der Waals surface area contributed by atoms with Crippen molar-refractivity contribution >= 4 is 12.0 Å². The van der Waals surface area contributed by atoms with E-state index in [9.17, 15) is 4.79 Å². The average Bonchev–Trinajstić information content (AvgIpc) is 2.70. The van der Waals surface area contributed by atoms with Crippen LogP contribution in [0.2, 0.25) is 0 Å². The van der Waals surface area contributed by atoms with E-state index < -0.39 is 0 Å². The molecular weight excluding hydrogens is 332 g/mol. The Morgan fingerprint density at radius 2 is 1.41 bits per heavy atom. The molecule has 0 N–H and O–H groups in total. The molecule has 1 rings (SSSR count). The predicted molar refractivity (Wildman–Crippen MR) is 117 cm³/mol. The maximum absolute atomic E-state index is 12.0. The molecule has 1 aromatic carbocycles. The molecule has 2 nitrogen and oxygen atoms in total. The van der Waals surface area contributed by atoms with Crippen LogP contribution in [0.1, 0.15) is 96.5 Å². The van der Waals surface area contributed by atoms with Gasteiger partial charge in [0.05, 0.1) is 6.61 Å². The van der Waals surface area contributed by atoms with Crippen LogP contribution in [-0.4, -0.2) is 12.6 Å². The van der Waals surface area contributed by atoms with E-state index in [1.807, 2.05) is 36.4 Å². The molecule has 0 heterocycles. The largest absolute Gasteiger partial charge is 0.462 e. The van der Waals surface area contributed by atoms with E-state index in [1.54, 1.807) is 6.08 Å². The van der Waals surface area contributed by atoms with Crippen molar-refractivity contribution in [2.75, 3.05) is 6.61 Å². The highest BCUT2D eigenvalue weighted by Crippen LogP contribution is 2.19. The molecule has 0 bridgehead atoms. The van der Waals surface area contributed by atoms with E-state index in [4.69, 9.17) is 4.74 Å². The molecule has 1 unspecified atom stereocenters. The van der Waals surface area contributed by atoms with Gasteiger partial charge in [-0.2, -0.15) is 0 Å². The van der Waals surface area contributed by atoms with E-state index >= 15 is 0 Å². The first-order chi connectivity index (χ1) is 13.3. The lowest BCUT2D eigenvalue weighted by atomic mass is 9.95. The van der Waals surface area contributed by atoms with Gasteiger partial charge in [0.2, 0.25) is 0 Å². The highest BCUT2D eigenvalue weighted by Gasteiger charge is 2.11. The minimum atomic E-state index is -0.222. The standard InChI is InChI=1S/C25H40O2/c1-3-5-7-9-10-13-19-24(18-12-8-6-4-2)22-27-25(26)21-20-23-16-14-11-15-17-23/h11,14-17,20-21,24H,3-10,12-13,18-19,22H2,1-2H3. The van der Waals surface area contributed by atoms with Crippen LogP contribution in [-0.2, 0) is 9.53 Å². The van der Waals surface area contributed by atoms with Gasteiger partial charge in [-0.25, -0.2) is 4.79 Å². The number of esters is 1. The Hall–Kier alpha value is -1.57. The second kappa shape index (κ2) is 16.6. The first-order valence-corrected chi connectivity index (χ1v) is 11.2. The summed E-state index contributed by atoms with van der Waals surface area (Å²) in [4.78, 5) is 12.0. The molecule has 0 saturated heterocycles. The van der Waals surface area contributed by atoms with E-state index in [1.165, 1.54) is 77.0 Å². The molecular formula is C25H40O2. The molecule has 0 aliphatic rings. The maximum atomic E-state index is 12.0. The quantitative estimate of drug-likeness (QED) is 0.170. The normalized spacial score (nSPS) is 12.4. The van der Waals surface area contributed by atoms with Gasteiger partial charge in [0.25, 0.3) is 0 Å². The second-order valence-corrected chi connectivity index (χ2v) is 7.65. The van der Waals surface area contributed by atoms with Gasteiger partial charge in [0, 0.05) is 6.08 Å². The molecule has 152 valence electrons. The summed E-state index contributed by atoms with van der Waals surface area (Å²) < 4.78 is 5.55. The van der Waals surface area contributed by atoms with Gasteiger partial charge in [-0.05, 0) is 30.4 Å². The minimum absolute atomic E-state index is 0.222. The van der Waals surface area contributed by atoms with Crippen molar-refractivity contribution in [1.29, 1.82) is 0 Å². The molecule has 0 aliphatic heterocycles. The SMILES string of the molecule is CCCCCCCCC(CCCCCC)COC(=O)C=Cc1ccccc1. The van der Waals surface area contributed by atoms with Gasteiger partial charge < -0.3 is 4.74 Å². The van der Waals surface area contributed by atoms with E-state index in [2.05, 4.69) is 13.8 Å². The summed E-state index contributed by atoms with van der Waals surface area (Å²) in [5, 5.41) is 0. The lowest BCUT2D eigenvalue weighted by Gasteiger charge is -2.16. The van der Waals surface area contributed by atoms with Crippen LogP contribution in [0.5, 0.6) is 0 Å². The van der Waals surface area contributed by atoms with Crippen LogP contribution in [0.25, 0.3) is 6.08 Å². The highest BCUT2D eigenvalue weighted by atomic mass is 16.5. The summed E-state index contributed by atoms with van der Waals surface area (Å²) in [7, 11) is 0. The van der Waals surface area contributed by atoms with Gasteiger partial charge in [0.1, 0.15) is 0 Å². The van der Waals surface area contributed by atoms with Gasteiger partial charge >= 0.3 is 5.97 Å². The summed E-state index contributed by atoms with van der Waals surface area (Å²) in [5.41, 5.74) is 1.03. The summed E-state index contributed by atoms with van der Waals surface area (Å²) in [6.45, 7) is 5.07. The first kappa shape index (κ1) is 23.5. The molecule has 0 spiro atoms. The number of hydrogen-bond acceptors (Lipinski definition) is 2. The summed E-state index contributed by atoms with van der Waals surface area (Å²) in [5.74, 6) is 0.294. The molecule has 0 amide bonds. The molecule has 0 saturated carbocycles. The van der Waals surface area contributed by atoms with Crippen molar-refractivity contribution in [2.45, 2.75) is 90.9 Å². The third kappa shape index (κ3) is 13.3. The molecule has 1 aromatic rings. The lowest BCUT2D eigenvalue weighted by molar-refractivity contribution is -0.139. The Balaban J connectivity index is 2.32. The topological polar surface area (TPSA) is 26.3 Å². The van der Waals surface area contributed by atoms with Crippen LogP contribution in [0.15, 0.2) is 36.4 Å². The molecule has 0 radical (unpaired) electrons. The Morgan fingerprint density at radius 1 is 0.852 bits per heavy atom. The fourth-order valence-electron chi connectivity index (χ4n) is 3.36. The van der Waals surface area contributed by atoms with Crippen LogP contribution >= 0.6 is 0 Å². The fourth-order valence-corrected chi connectivity index (χ4v) is 3.36. The summed E-state index contributed by atoms with van der Waals surface area (Å²) in [6, 6.07) is 9.88. The zero-order valence-electron chi connectivity index (χ0n) is 17.6. The zero-order chi connectivity index (χ0) is 19.6. The number of ether oxygens (including phenoxy) is 1. The van der Waals surface area contributed by atoms with E-state index in [0.717, 1.165) is 5.56 Å². The van der Waals surface area contributed by atoms with Crippen molar-refractivity contribution in [3.8, 4) is 0 Å². The monoisotopic (exact) mass is 372 g/mol. The second-order valence-electron chi connectivity index (χ2n) is 7.65. The van der Waals surface area contributed by atoms with Gasteiger partial charge in [-0.1, -0.05) is 108 Å². The third-order valence-electron chi connectivity index (χ3n) is 5.10. The lowest BCUT2D eigenvalue weighted by Crippen LogP contribution is -2.13. The number of rotatable bonds is 16. The van der Waals surface area contributed by atoms with Crippen molar-refractivity contribution < 1.29 is 9.53 Å². The van der Waals surface area contributed by atoms with Crippen LogP contribution < -0.4 is 0 Å². The number of hydrogen-bond donors (Lipinski definition) is 0. The van der Waals surface area contributed by atoms with Gasteiger partial charge in [0.15, 0.2) is 0 Å². The smallest absolute Gasteiger partial charge is 0.330 e. The van der Waals surface area contributed by atoms with Crippen molar-refractivity contribution in [3.63, 3.8) is 0 Å². The van der Waals surface area contributed by atoms with Crippen molar-refractivity contribution in [3.05, 3.63) is 42.0 Å². The van der Waals surface area contributed by atoms with Gasteiger partial charge in [-0.3, -0.25) is 0 Å². The zero-order valence-corrected chi connectivity index (χ0v) is 17.6. The number of carbonyl (C=O) groups is 1. The van der Waals surface area contributed by atoms with E-state index in [0.29, 0.717) is 12.5 Å². The Bertz CT molecular complexity index is 492. The molecule has 0 fully saturated rings. The van der Waals surface area contributed by atoms with E-state index in [-0.39, 0.29) is 5.97 Å². The Morgan fingerprint density at radius 3 is 2.04 bits per heavy atom. The summed E-state index contributed by atoms with van der Waals surface area (Å²) >= 11 is 0. The molecule has 2 heteroatoms. The molecule has 0 aromatic heterocycles.